The number of amides is 1. The minimum atomic E-state index is -0.0926. The second kappa shape index (κ2) is 10.9. The number of nitrogens with one attached hydrogen (secondary N) is 1. The summed E-state index contributed by atoms with van der Waals surface area (Å²) in [7, 11) is 3.40. The molecule has 9 nitrogen and oxygen atoms in total. The third kappa shape index (κ3) is 5.50. The maximum absolute atomic E-state index is 13.1. The molecule has 0 aliphatic heterocycles. The number of hydrogen-bond donors (Lipinski definition) is 1. The molecule has 0 saturated heterocycles. The molecule has 1 amide bonds. The summed E-state index contributed by atoms with van der Waals surface area (Å²) >= 11 is 0. The predicted molar refractivity (Wildman–Crippen MR) is 141 cm³/mol. The van der Waals surface area contributed by atoms with Crippen LogP contribution < -0.4 is 20.5 Å². The van der Waals surface area contributed by atoms with Crippen LogP contribution in [0.1, 0.15) is 31.2 Å². The minimum absolute atomic E-state index is 0.0246. The number of rotatable bonds is 8. The topological polar surface area (TPSA) is 100 Å². The highest BCUT2D eigenvalue weighted by Crippen LogP contribution is 2.31. The number of hydrogen-bond acceptors (Lipinski definition) is 6. The Bertz CT molecular complexity index is 1440. The van der Waals surface area contributed by atoms with Crippen molar-refractivity contribution in [3.05, 3.63) is 77.0 Å². The second-order valence-corrected chi connectivity index (χ2v) is 9.53. The fraction of sp³-hybridized carbons (Fsp3) is 0.357. The van der Waals surface area contributed by atoms with E-state index in [9.17, 15) is 9.59 Å². The van der Waals surface area contributed by atoms with E-state index in [1.54, 1.807) is 53.9 Å². The molecule has 0 bridgehead atoms. The second-order valence-electron chi connectivity index (χ2n) is 9.53. The number of ether oxygens (including phenoxy) is 2. The summed E-state index contributed by atoms with van der Waals surface area (Å²) < 4.78 is 14.6. The van der Waals surface area contributed by atoms with Crippen LogP contribution in [0.25, 0.3) is 11.2 Å². The summed E-state index contributed by atoms with van der Waals surface area (Å²) in [5.74, 6) is 1.56. The molecule has 1 saturated carbocycles. The first-order chi connectivity index (χ1) is 18.0. The number of nitrogens with zero attached hydrogens (tertiary/aromatic N) is 4. The molecule has 1 aliphatic rings. The van der Waals surface area contributed by atoms with Gasteiger partial charge >= 0.3 is 5.69 Å². The Morgan fingerprint density at radius 1 is 1.08 bits per heavy atom. The van der Waals surface area contributed by atoms with Gasteiger partial charge in [-0.05, 0) is 67.5 Å². The highest BCUT2D eigenvalue weighted by molar-refractivity contribution is 5.92. The van der Waals surface area contributed by atoms with E-state index in [1.165, 1.54) is 0 Å². The number of pyridine rings is 2. The van der Waals surface area contributed by atoms with Crippen molar-refractivity contribution in [3.63, 3.8) is 0 Å². The zero-order valence-corrected chi connectivity index (χ0v) is 21.1. The summed E-state index contributed by atoms with van der Waals surface area (Å²) in [4.78, 5) is 34.4. The van der Waals surface area contributed by atoms with Crippen molar-refractivity contribution in [1.29, 1.82) is 0 Å². The molecular weight excluding hydrogens is 470 g/mol. The lowest BCUT2D eigenvalue weighted by Gasteiger charge is -2.27. The summed E-state index contributed by atoms with van der Waals surface area (Å²) in [6, 6.07) is 14.9. The molecule has 3 aromatic heterocycles. The van der Waals surface area contributed by atoms with E-state index >= 15 is 0 Å². The summed E-state index contributed by atoms with van der Waals surface area (Å²) in [5.41, 5.74) is 3.03. The predicted octanol–water partition coefficient (Wildman–Crippen LogP) is 4.16. The number of carbonyl (C=O) groups is 1. The number of anilines is 1. The van der Waals surface area contributed by atoms with Gasteiger partial charge in [0.15, 0.2) is 5.65 Å². The van der Waals surface area contributed by atoms with Crippen molar-refractivity contribution < 1.29 is 14.3 Å². The maximum atomic E-state index is 13.1. The van der Waals surface area contributed by atoms with Gasteiger partial charge in [0.25, 0.3) is 0 Å². The lowest BCUT2D eigenvalue weighted by atomic mass is 9.81. The molecule has 1 aromatic carbocycles. The van der Waals surface area contributed by atoms with E-state index in [0.717, 1.165) is 48.2 Å². The number of aryl methyl sites for hydroxylation is 1. The van der Waals surface area contributed by atoms with Crippen molar-refractivity contribution in [3.8, 4) is 11.6 Å². The highest BCUT2D eigenvalue weighted by atomic mass is 16.5. The first kappa shape index (κ1) is 24.5. The van der Waals surface area contributed by atoms with E-state index in [2.05, 4.69) is 15.3 Å². The lowest BCUT2D eigenvalue weighted by molar-refractivity contribution is -0.121. The average molecular weight is 502 g/mol. The van der Waals surface area contributed by atoms with Gasteiger partial charge in [0.2, 0.25) is 11.8 Å². The fourth-order valence-electron chi connectivity index (χ4n) is 4.97. The molecule has 3 heterocycles. The van der Waals surface area contributed by atoms with E-state index in [-0.39, 0.29) is 17.5 Å². The monoisotopic (exact) mass is 501 g/mol. The van der Waals surface area contributed by atoms with Gasteiger partial charge in [-0.3, -0.25) is 18.9 Å². The Morgan fingerprint density at radius 3 is 2.62 bits per heavy atom. The Morgan fingerprint density at radius 2 is 1.86 bits per heavy atom. The first-order valence-electron chi connectivity index (χ1n) is 12.5. The van der Waals surface area contributed by atoms with E-state index in [0.29, 0.717) is 30.6 Å². The summed E-state index contributed by atoms with van der Waals surface area (Å²) in [6.45, 7) is 0.916. The number of imidazole rings is 1. The van der Waals surface area contributed by atoms with Crippen LogP contribution in [0.3, 0.4) is 0 Å². The number of benzene rings is 1. The molecule has 4 aromatic rings. The molecule has 192 valence electrons. The number of carbonyl (C=O) groups excluding carboxylic acids is 1. The van der Waals surface area contributed by atoms with Crippen LogP contribution in [0.4, 0.5) is 5.69 Å². The van der Waals surface area contributed by atoms with Crippen molar-refractivity contribution >= 4 is 22.8 Å². The molecular formula is C28H31N5O4. The number of methoxy groups -OCH3 is 1. The van der Waals surface area contributed by atoms with Gasteiger partial charge < -0.3 is 14.8 Å². The Hall–Kier alpha value is -4.14. The van der Waals surface area contributed by atoms with Crippen LogP contribution in [-0.4, -0.2) is 32.1 Å². The van der Waals surface area contributed by atoms with Crippen LogP contribution in [0.2, 0.25) is 0 Å². The zero-order chi connectivity index (χ0) is 25.8. The third-order valence-corrected chi connectivity index (χ3v) is 7.09. The molecule has 0 unspecified atom stereocenters. The molecule has 5 rings (SSSR count). The quantitative estimate of drug-likeness (QED) is 0.389. The summed E-state index contributed by atoms with van der Waals surface area (Å²) in [5, 5.41) is 2.98. The molecule has 1 N–H and O–H groups in total. The number of fused-ring (bicyclic) bond motifs is 1. The van der Waals surface area contributed by atoms with Gasteiger partial charge in [-0.1, -0.05) is 12.1 Å². The zero-order valence-electron chi connectivity index (χ0n) is 21.1. The Kier molecular flexibility index (Phi) is 7.20. The van der Waals surface area contributed by atoms with Crippen LogP contribution >= 0.6 is 0 Å². The van der Waals surface area contributed by atoms with Crippen molar-refractivity contribution in [2.75, 3.05) is 12.4 Å². The maximum Gasteiger partial charge on any atom is 0.330 e. The van der Waals surface area contributed by atoms with Crippen LogP contribution in [0.5, 0.6) is 11.6 Å². The van der Waals surface area contributed by atoms with Crippen LogP contribution in [-0.2, 0) is 25.0 Å². The van der Waals surface area contributed by atoms with Crippen molar-refractivity contribution in [2.24, 2.45) is 18.9 Å². The van der Waals surface area contributed by atoms with Crippen LogP contribution in [0.15, 0.2) is 65.7 Å². The van der Waals surface area contributed by atoms with Gasteiger partial charge in [-0.2, -0.15) is 4.98 Å². The van der Waals surface area contributed by atoms with Crippen LogP contribution in [0, 0.1) is 11.8 Å². The normalized spacial score (nSPS) is 17.5. The SMILES string of the molecule is COc1cccc(COc2ccc3c(n2)n(C[C@H]2CC[C@H](C(=O)Nc4ccncc4)CC2)c(=O)n3C)c1. The van der Waals surface area contributed by atoms with E-state index in [4.69, 9.17) is 9.47 Å². The molecule has 0 atom stereocenters. The Balaban J connectivity index is 1.25. The highest BCUT2D eigenvalue weighted by Gasteiger charge is 2.28. The third-order valence-electron chi connectivity index (χ3n) is 7.09. The molecule has 0 radical (unpaired) electrons. The first-order valence-corrected chi connectivity index (χ1v) is 12.5. The summed E-state index contributed by atoms with van der Waals surface area (Å²) in [6.07, 6.45) is 6.68. The minimum Gasteiger partial charge on any atom is -0.497 e. The average Bonchev–Trinajstić information content (AvgIpc) is 3.17. The van der Waals surface area contributed by atoms with Crippen molar-refractivity contribution in [2.45, 2.75) is 38.8 Å². The molecule has 1 aliphatic carbocycles. The molecule has 0 spiro atoms. The standard InChI is InChI=1S/C28H31N5O4/c1-32-24-10-11-25(37-18-20-4-3-5-23(16-20)36-2)31-26(24)33(28(32)35)17-19-6-8-21(9-7-19)27(34)30-22-12-14-29-15-13-22/h3-5,10-16,19,21H,6-9,17-18H2,1-2H3,(H,29,30,34)/t19-,21-. The Labute approximate surface area is 215 Å². The lowest BCUT2D eigenvalue weighted by Crippen LogP contribution is -2.31. The van der Waals surface area contributed by atoms with Gasteiger partial charge in [0.1, 0.15) is 12.4 Å². The fourth-order valence-corrected chi connectivity index (χ4v) is 4.97. The number of aromatic nitrogens is 4. The van der Waals surface area contributed by atoms with Gasteiger partial charge in [0.05, 0.1) is 12.6 Å². The largest absolute Gasteiger partial charge is 0.497 e. The molecule has 9 heteroatoms. The van der Waals surface area contributed by atoms with E-state index in [1.807, 2.05) is 30.3 Å². The van der Waals surface area contributed by atoms with Gasteiger partial charge in [0, 0.05) is 43.7 Å². The van der Waals surface area contributed by atoms with Crippen molar-refractivity contribution in [1.82, 2.24) is 19.1 Å². The molecule has 37 heavy (non-hydrogen) atoms. The van der Waals surface area contributed by atoms with Gasteiger partial charge in [-0.15, -0.1) is 0 Å². The van der Waals surface area contributed by atoms with Gasteiger partial charge in [-0.25, -0.2) is 4.79 Å². The smallest absolute Gasteiger partial charge is 0.330 e. The molecule has 1 fully saturated rings. The van der Waals surface area contributed by atoms with E-state index < -0.39 is 0 Å².